The molecule has 2 aromatic rings. The standard InChI is InChI=1S/C19H14N2O5S/c22-17-10-4-1-2-5-11(10)18(23)16-12(17)6-3-7-14(16)21-15-9-27(25,26)8-13(15)20-19(21)24/h1-7,13,15H,8-9H2,(H,20,24)/t13-,15+/m1/s1. The van der Waals surface area contributed by atoms with E-state index in [4.69, 9.17) is 0 Å². The molecule has 27 heavy (non-hydrogen) atoms. The van der Waals surface area contributed by atoms with Crippen molar-refractivity contribution in [2.24, 2.45) is 0 Å². The second-order valence-electron chi connectivity index (χ2n) is 6.97. The number of carbonyl (C=O) groups is 3. The molecule has 2 saturated heterocycles. The maximum absolute atomic E-state index is 13.1. The van der Waals surface area contributed by atoms with Gasteiger partial charge in [0.15, 0.2) is 21.4 Å². The molecule has 7 nitrogen and oxygen atoms in total. The van der Waals surface area contributed by atoms with Crippen molar-refractivity contribution in [2.45, 2.75) is 12.1 Å². The van der Waals surface area contributed by atoms with E-state index in [0.29, 0.717) is 5.56 Å². The molecule has 5 rings (SSSR count). The number of hydrogen-bond acceptors (Lipinski definition) is 5. The number of nitrogens with zero attached hydrogens (tertiary/aromatic N) is 1. The van der Waals surface area contributed by atoms with Crippen molar-refractivity contribution < 1.29 is 22.8 Å². The van der Waals surface area contributed by atoms with Crippen LogP contribution in [0, 0.1) is 0 Å². The summed E-state index contributed by atoms with van der Waals surface area (Å²) in [7, 11) is -3.27. The summed E-state index contributed by atoms with van der Waals surface area (Å²) in [5.74, 6) is -0.908. The third kappa shape index (κ3) is 2.19. The Morgan fingerprint density at radius 2 is 1.52 bits per heavy atom. The van der Waals surface area contributed by atoms with Crippen molar-refractivity contribution in [3.8, 4) is 0 Å². The van der Waals surface area contributed by atoms with Crippen molar-refractivity contribution >= 4 is 33.1 Å². The van der Waals surface area contributed by atoms with E-state index in [-0.39, 0.29) is 45.4 Å². The lowest BCUT2D eigenvalue weighted by molar-refractivity contribution is 0.0979. The lowest BCUT2D eigenvalue weighted by Crippen LogP contribution is -2.38. The summed E-state index contributed by atoms with van der Waals surface area (Å²) in [6, 6.07) is 9.77. The molecule has 136 valence electrons. The zero-order valence-electron chi connectivity index (χ0n) is 14.0. The van der Waals surface area contributed by atoms with Gasteiger partial charge < -0.3 is 5.32 Å². The summed E-state index contributed by atoms with van der Waals surface area (Å²) >= 11 is 0. The van der Waals surface area contributed by atoms with Crippen LogP contribution in [-0.2, 0) is 9.84 Å². The first kappa shape index (κ1) is 16.2. The van der Waals surface area contributed by atoms with Gasteiger partial charge in [-0.05, 0) is 6.07 Å². The summed E-state index contributed by atoms with van der Waals surface area (Å²) in [5, 5.41) is 2.68. The third-order valence-corrected chi connectivity index (χ3v) is 7.09. The predicted molar refractivity (Wildman–Crippen MR) is 97.0 cm³/mol. The minimum absolute atomic E-state index is 0.120. The Morgan fingerprint density at radius 3 is 2.26 bits per heavy atom. The molecule has 2 atom stereocenters. The fourth-order valence-electron chi connectivity index (χ4n) is 4.22. The van der Waals surface area contributed by atoms with Crippen LogP contribution in [0.25, 0.3) is 0 Å². The molecule has 0 aromatic heterocycles. The molecule has 0 spiro atoms. The van der Waals surface area contributed by atoms with Crippen LogP contribution in [0.4, 0.5) is 10.5 Å². The molecule has 0 saturated carbocycles. The number of sulfone groups is 1. The first-order valence-electron chi connectivity index (χ1n) is 8.49. The smallest absolute Gasteiger partial charge is 0.322 e. The number of urea groups is 1. The number of carbonyl (C=O) groups excluding carboxylic acids is 3. The van der Waals surface area contributed by atoms with Crippen LogP contribution in [0.3, 0.4) is 0 Å². The summed E-state index contributed by atoms with van der Waals surface area (Å²) in [5.41, 5.74) is 1.29. The molecule has 1 aliphatic carbocycles. The number of nitrogens with one attached hydrogen (secondary N) is 1. The normalized spacial score (nSPS) is 25.0. The highest BCUT2D eigenvalue weighted by Crippen LogP contribution is 2.37. The molecule has 2 fully saturated rings. The minimum atomic E-state index is -3.27. The zero-order valence-corrected chi connectivity index (χ0v) is 14.8. The van der Waals surface area contributed by atoms with Crippen molar-refractivity contribution in [3.05, 3.63) is 64.7 Å². The number of fused-ring (bicyclic) bond motifs is 3. The summed E-state index contributed by atoms with van der Waals surface area (Å²) < 4.78 is 24.0. The highest BCUT2D eigenvalue weighted by atomic mass is 32.2. The van der Waals surface area contributed by atoms with E-state index in [2.05, 4.69) is 5.32 Å². The van der Waals surface area contributed by atoms with Crippen molar-refractivity contribution in [1.29, 1.82) is 0 Å². The fourth-order valence-corrected chi connectivity index (χ4v) is 6.11. The van der Waals surface area contributed by atoms with Crippen molar-refractivity contribution in [3.63, 3.8) is 0 Å². The average Bonchev–Trinajstić information content (AvgIpc) is 3.08. The Kier molecular flexibility index (Phi) is 3.16. The number of benzene rings is 2. The predicted octanol–water partition coefficient (Wildman–Crippen LogP) is 1.16. The Morgan fingerprint density at radius 1 is 0.852 bits per heavy atom. The maximum atomic E-state index is 13.1. The SMILES string of the molecule is O=C1c2ccccc2C(=O)c2c1cccc2N1C(=O)N[C@@H]2CS(=O)(=O)C[C@@H]21. The van der Waals surface area contributed by atoms with E-state index < -0.39 is 28.0 Å². The molecule has 0 unspecified atom stereocenters. The van der Waals surface area contributed by atoms with Gasteiger partial charge in [-0.15, -0.1) is 0 Å². The van der Waals surface area contributed by atoms with Gasteiger partial charge in [0.25, 0.3) is 0 Å². The topological polar surface area (TPSA) is 101 Å². The third-order valence-electron chi connectivity index (χ3n) is 5.37. The van der Waals surface area contributed by atoms with Gasteiger partial charge in [0, 0.05) is 16.7 Å². The molecule has 8 heteroatoms. The van der Waals surface area contributed by atoms with Crippen LogP contribution >= 0.6 is 0 Å². The molecule has 0 bridgehead atoms. The number of anilines is 1. The van der Waals surface area contributed by atoms with Gasteiger partial charge in [0.1, 0.15) is 0 Å². The Labute approximate surface area is 154 Å². The van der Waals surface area contributed by atoms with Crippen molar-refractivity contribution in [2.75, 3.05) is 16.4 Å². The van der Waals surface area contributed by atoms with E-state index in [1.54, 1.807) is 42.5 Å². The second kappa shape index (κ2) is 5.26. The lowest BCUT2D eigenvalue weighted by atomic mass is 9.83. The molecule has 2 amide bonds. The number of ketones is 2. The van der Waals surface area contributed by atoms with Gasteiger partial charge in [0.2, 0.25) is 0 Å². The van der Waals surface area contributed by atoms with Crippen LogP contribution in [0.2, 0.25) is 0 Å². The van der Waals surface area contributed by atoms with Gasteiger partial charge >= 0.3 is 6.03 Å². The summed E-state index contributed by atoms with van der Waals surface area (Å²) in [6.07, 6.45) is 0. The van der Waals surface area contributed by atoms with Gasteiger partial charge in [-0.3, -0.25) is 14.5 Å². The average molecular weight is 382 g/mol. The first-order valence-corrected chi connectivity index (χ1v) is 10.3. The first-order chi connectivity index (χ1) is 12.9. The molecule has 3 aliphatic rings. The highest BCUT2D eigenvalue weighted by Gasteiger charge is 2.50. The minimum Gasteiger partial charge on any atom is -0.332 e. The molecule has 1 N–H and O–H groups in total. The molecule has 2 aromatic carbocycles. The van der Waals surface area contributed by atoms with Crippen LogP contribution in [-0.4, -0.2) is 49.6 Å². The fraction of sp³-hybridized carbons (Fsp3) is 0.211. The Bertz CT molecular complexity index is 1150. The lowest BCUT2D eigenvalue weighted by Gasteiger charge is -2.27. The Balaban J connectivity index is 1.69. The largest absolute Gasteiger partial charge is 0.332 e. The zero-order chi connectivity index (χ0) is 18.9. The van der Waals surface area contributed by atoms with Crippen LogP contribution in [0.5, 0.6) is 0 Å². The second-order valence-corrected chi connectivity index (χ2v) is 9.13. The molecule has 2 heterocycles. The van der Waals surface area contributed by atoms with Crippen molar-refractivity contribution in [1.82, 2.24) is 5.32 Å². The summed E-state index contributed by atoms with van der Waals surface area (Å²) in [4.78, 5) is 39.9. The molecule has 0 radical (unpaired) electrons. The van der Waals surface area contributed by atoms with E-state index >= 15 is 0 Å². The van der Waals surface area contributed by atoms with Gasteiger partial charge in [-0.1, -0.05) is 36.4 Å². The monoisotopic (exact) mass is 382 g/mol. The number of rotatable bonds is 1. The Hall–Kier alpha value is -3.00. The van der Waals surface area contributed by atoms with E-state index in [1.807, 2.05) is 0 Å². The van der Waals surface area contributed by atoms with E-state index in [9.17, 15) is 22.8 Å². The molecular formula is C19H14N2O5S. The molecular weight excluding hydrogens is 368 g/mol. The quantitative estimate of drug-likeness (QED) is 0.637. The van der Waals surface area contributed by atoms with Crippen LogP contribution in [0.1, 0.15) is 31.8 Å². The maximum Gasteiger partial charge on any atom is 0.322 e. The van der Waals surface area contributed by atoms with Gasteiger partial charge in [0.05, 0.1) is 34.8 Å². The summed E-state index contributed by atoms with van der Waals surface area (Å²) in [6.45, 7) is 0. The highest BCUT2D eigenvalue weighted by molar-refractivity contribution is 7.91. The van der Waals surface area contributed by atoms with Crippen LogP contribution < -0.4 is 10.2 Å². The number of hydrogen-bond donors (Lipinski definition) is 1. The van der Waals surface area contributed by atoms with Crippen LogP contribution in [0.15, 0.2) is 42.5 Å². The molecule has 2 aliphatic heterocycles. The van der Waals surface area contributed by atoms with E-state index in [0.717, 1.165) is 0 Å². The number of amides is 2. The van der Waals surface area contributed by atoms with Gasteiger partial charge in [-0.2, -0.15) is 0 Å². The van der Waals surface area contributed by atoms with Gasteiger partial charge in [-0.25, -0.2) is 13.2 Å². The van der Waals surface area contributed by atoms with E-state index in [1.165, 1.54) is 4.90 Å².